The Morgan fingerprint density at radius 2 is 1.18 bits per heavy atom. The summed E-state index contributed by atoms with van der Waals surface area (Å²) in [5.41, 5.74) is 0.931. The van der Waals surface area contributed by atoms with Crippen LogP contribution in [0.15, 0.2) is 51.7 Å². The molecule has 5 aromatic rings. The molecule has 1 aliphatic heterocycles. The zero-order chi connectivity index (χ0) is 52.4. The molecular formula is C53H65N3O15. The maximum absolute atomic E-state index is 14.5. The van der Waals surface area contributed by atoms with Crippen molar-refractivity contribution >= 4 is 52.0 Å². The van der Waals surface area contributed by atoms with Crippen LogP contribution >= 0.6 is 0 Å². The molecule has 382 valence electrons. The van der Waals surface area contributed by atoms with E-state index in [2.05, 4.69) is 10.6 Å². The molecule has 0 spiro atoms. The number of alkyl carbamates (subject to hydrolysis) is 2. The second-order valence-electron chi connectivity index (χ2n) is 20.4. The van der Waals surface area contributed by atoms with Gasteiger partial charge in [-0.2, -0.15) is 0 Å². The number of methoxy groups -OCH3 is 3. The highest BCUT2D eigenvalue weighted by molar-refractivity contribution is 6.17. The maximum Gasteiger partial charge on any atom is 0.408 e. The Bertz CT molecular complexity index is 2930. The Labute approximate surface area is 412 Å². The molecule has 2 atom stereocenters. The molecule has 0 saturated heterocycles. The molecule has 2 amide bonds. The molecule has 3 aromatic carbocycles. The van der Waals surface area contributed by atoms with E-state index in [-0.39, 0.29) is 70.4 Å². The summed E-state index contributed by atoms with van der Waals surface area (Å²) in [6.45, 7) is 21.3. The Hall–Kier alpha value is -7.24. The van der Waals surface area contributed by atoms with Crippen LogP contribution in [0.2, 0.25) is 0 Å². The van der Waals surface area contributed by atoms with Crippen molar-refractivity contribution in [3.63, 3.8) is 0 Å². The molecule has 2 N–H and O–H groups in total. The van der Waals surface area contributed by atoms with Gasteiger partial charge in [0.05, 0.1) is 27.0 Å². The summed E-state index contributed by atoms with van der Waals surface area (Å²) in [5.74, 6) is -2.01. The summed E-state index contributed by atoms with van der Waals surface area (Å²) in [5, 5.41) is 6.07. The van der Waals surface area contributed by atoms with Gasteiger partial charge in [0, 0.05) is 40.9 Å². The second-order valence-corrected chi connectivity index (χ2v) is 20.4. The van der Waals surface area contributed by atoms with Crippen molar-refractivity contribution in [1.82, 2.24) is 15.2 Å². The minimum atomic E-state index is -1.13. The van der Waals surface area contributed by atoms with Crippen LogP contribution in [-0.2, 0) is 36.8 Å². The summed E-state index contributed by atoms with van der Waals surface area (Å²) in [7, 11) is 4.28. The number of rotatable bonds is 15. The Balaban J connectivity index is 1.55. The number of fused-ring (bicyclic) bond motifs is 7. The molecule has 1 aliphatic rings. The predicted molar refractivity (Wildman–Crippen MR) is 265 cm³/mol. The van der Waals surface area contributed by atoms with Crippen LogP contribution in [-0.4, -0.2) is 79.3 Å². The molecule has 2 aromatic heterocycles. The normalized spacial score (nSPS) is 13.3. The monoisotopic (exact) mass is 983 g/mol. The molecule has 3 heterocycles. The molecule has 71 heavy (non-hydrogen) atoms. The predicted octanol–water partition coefficient (Wildman–Crippen LogP) is 9.52. The lowest BCUT2D eigenvalue weighted by atomic mass is 9.91. The first-order valence-corrected chi connectivity index (χ1v) is 23.5. The average Bonchev–Trinajstić information content (AvgIpc) is 3.62. The third-order valence-electron chi connectivity index (χ3n) is 11.3. The van der Waals surface area contributed by atoms with Crippen molar-refractivity contribution in [2.75, 3.05) is 21.3 Å². The van der Waals surface area contributed by atoms with Gasteiger partial charge in [0.2, 0.25) is 0 Å². The molecule has 0 radical (unpaired) electrons. The van der Waals surface area contributed by atoms with Gasteiger partial charge < -0.3 is 57.5 Å². The lowest BCUT2D eigenvalue weighted by Crippen LogP contribution is -2.48. The highest BCUT2D eigenvalue weighted by Crippen LogP contribution is 2.50. The van der Waals surface area contributed by atoms with E-state index in [9.17, 15) is 28.8 Å². The van der Waals surface area contributed by atoms with E-state index in [0.717, 1.165) is 5.56 Å². The fourth-order valence-electron chi connectivity index (χ4n) is 8.20. The minimum absolute atomic E-state index is 0.0439. The van der Waals surface area contributed by atoms with Gasteiger partial charge in [0.25, 0.3) is 0 Å². The van der Waals surface area contributed by atoms with Gasteiger partial charge in [0.1, 0.15) is 34.4 Å². The van der Waals surface area contributed by atoms with Gasteiger partial charge >= 0.3 is 35.7 Å². The van der Waals surface area contributed by atoms with Crippen LogP contribution in [0.1, 0.15) is 95.1 Å². The Kier molecular flexibility index (Phi) is 15.7. The minimum Gasteiger partial charge on any atom is -0.493 e. The van der Waals surface area contributed by atoms with E-state index in [1.54, 1.807) is 106 Å². The molecule has 18 heteroatoms. The number of esters is 3. The quantitative estimate of drug-likeness (QED) is 0.0567. The van der Waals surface area contributed by atoms with Crippen LogP contribution < -0.4 is 44.7 Å². The van der Waals surface area contributed by atoms with Crippen LogP contribution in [0.4, 0.5) is 9.59 Å². The molecule has 0 fully saturated rings. The number of carbonyl (C=O) groups is 5. The molecule has 0 saturated carbocycles. The van der Waals surface area contributed by atoms with E-state index in [1.807, 2.05) is 18.4 Å². The summed E-state index contributed by atoms with van der Waals surface area (Å²) in [6, 6.07) is 9.28. The van der Waals surface area contributed by atoms with Gasteiger partial charge in [-0.25, -0.2) is 24.0 Å². The third-order valence-corrected chi connectivity index (χ3v) is 11.3. The lowest BCUT2D eigenvalue weighted by Gasteiger charge is -2.26. The summed E-state index contributed by atoms with van der Waals surface area (Å²) in [6.07, 6.45) is -1.04. The standard InChI is InChI=1S/C53H65N3O15/c1-26(2)20-40(57)66-33-17-16-30(22-35(33)63-13)41-42-32-24-37(65-15)39(69-48(59)44(28(5)6)55-51(62)71-53(10,11)12)25-34(32)67-49(60)46(42)56-19-18-29-21-38(36(64-14)23-31(29)45(41)56)68-47(58)43(27(3)4)54-50(61)70-52(7,8)9/h16-17,21-28,43-44H,18-20H2,1-15H3,(H,54,61)(H,55,62)/t43-,44-/m0/s1. The van der Waals surface area contributed by atoms with Gasteiger partial charge in [0.15, 0.2) is 34.5 Å². The van der Waals surface area contributed by atoms with Crippen molar-refractivity contribution in [1.29, 1.82) is 0 Å². The SMILES string of the molecule is COc1cc(-c2c3n(c4c(=O)oc5cc(OC(=O)[C@@H](NC(=O)OC(C)(C)C)C(C)C)c(OC)cc5c24)CCc2cc(OC(=O)[C@@H](NC(=O)OC(C)(C)C)C(C)C)c(OC)cc2-3)ccc1OC(=O)CC(C)C. The van der Waals surface area contributed by atoms with E-state index >= 15 is 0 Å². The van der Waals surface area contributed by atoms with Crippen molar-refractivity contribution in [3.05, 3.63) is 58.4 Å². The first-order valence-electron chi connectivity index (χ1n) is 23.5. The van der Waals surface area contributed by atoms with Crippen LogP contribution in [0.5, 0.6) is 34.5 Å². The largest absolute Gasteiger partial charge is 0.493 e. The number of ether oxygens (including phenoxy) is 8. The zero-order valence-electron chi connectivity index (χ0n) is 43.1. The fourth-order valence-corrected chi connectivity index (χ4v) is 8.20. The first kappa shape index (κ1) is 53.1. The van der Waals surface area contributed by atoms with Gasteiger partial charge in [-0.15, -0.1) is 0 Å². The number of hydrogen-bond donors (Lipinski definition) is 2. The number of amides is 2. The average molecular weight is 984 g/mol. The first-order chi connectivity index (χ1) is 33.2. The Morgan fingerprint density at radius 3 is 1.69 bits per heavy atom. The zero-order valence-corrected chi connectivity index (χ0v) is 43.1. The molecule has 6 rings (SSSR count). The summed E-state index contributed by atoms with van der Waals surface area (Å²) < 4.78 is 53.8. The molecule has 0 bridgehead atoms. The molecular weight excluding hydrogens is 919 g/mol. The van der Waals surface area contributed by atoms with E-state index in [1.165, 1.54) is 27.4 Å². The second kappa shape index (κ2) is 21.0. The third kappa shape index (κ3) is 12.0. The fraction of sp³-hybridized carbons (Fsp3) is 0.472. The van der Waals surface area contributed by atoms with Gasteiger partial charge in [-0.3, -0.25) is 4.79 Å². The van der Waals surface area contributed by atoms with E-state index in [0.29, 0.717) is 39.6 Å². The van der Waals surface area contributed by atoms with Gasteiger partial charge in [-0.05, 0) is 107 Å². The van der Waals surface area contributed by atoms with Crippen molar-refractivity contribution in [2.24, 2.45) is 17.8 Å². The number of aromatic nitrogens is 1. The smallest absolute Gasteiger partial charge is 0.408 e. The van der Waals surface area contributed by atoms with Crippen molar-refractivity contribution < 1.29 is 66.3 Å². The molecule has 0 unspecified atom stereocenters. The van der Waals surface area contributed by atoms with Crippen molar-refractivity contribution in [3.8, 4) is 56.9 Å². The van der Waals surface area contributed by atoms with Crippen LogP contribution in [0.25, 0.3) is 44.3 Å². The van der Waals surface area contributed by atoms with Crippen LogP contribution in [0, 0.1) is 17.8 Å². The topological polar surface area (TPSA) is 218 Å². The molecule has 0 aliphatic carbocycles. The number of carbonyl (C=O) groups excluding carboxylic acids is 5. The highest BCUT2D eigenvalue weighted by Gasteiger charge is 2.35. The summed E-state index contributed by atoms with van der Waals surface area (Å²) >= 11 is 0. The lowest BCUT2D eigenvalue weighted by molar-refractivity contribution is -0.138. The van der Waals surface area contributed by atoms with E-state index in [4.69, 9.17) is 42.3 Å². The number of nitrogens with zero attached hydrogens (tertiary/aromatic N) is 1. The highest BCUT2D eigenvalue weighted by atomic mass is 16.6. The maximum atomic E-state index is 14.5. The number of nitrogens with one attached hydrogen (secondary N) is 2. The Morgan fingerprint density at radius 1 is 0.662 bits per heavy atom. The van der Waals surface area contributed by atoms with E-state index < -0.39 is 64.9 Å². The summed E-state index contributed by atoms with van der Waals surface area (Å²) in [4.78, 5) is 80.5. The number of hydrogen-bond acceptors (Lipinski definition) is 15. The molecule has 18 nitrogen and oxygen atoms in total. The number of benzene rings is 3. The van der Waals surface area contributed by atoms with Crippen LogP contribution in [0.3, 0.4) is 0 Å². The number of aryl methyl sites for hydroxylation is 2. The van der Waals surface area contributed by atoms with Gasteiger partial charge in [-0.1, -0.05) is 47.6 Å². The van der Waals surface area contributed by atoms with Crippen molar-refractivity contribution in [2.45, 2.75) is 126 Å².